The Kier molecular flexibility index (Phi) is 3.04. The summed E-state index contributed by atoms with van der Waals surface area (Å²) >= 11 is 0. The van der Waals surface area contributed by atoms with Crippen LogP contribution in [0.4, 0.5) is 17.6 Å². The van der Waals surface area contributed by atoms with Crippen LogP contribution >= 0.6 is 0 Å². The fraction of sp³-hybridized carbons (Fsp3) is 0.167. The fourth-order valence-corrected chi connectivity index (χ4v) is 1.98. The van der Waals surface area contributed by atoms with Gasteiger partial charge in [0.2, 0.25) is 5.43 Å². The van der Waals surface area contributed by atoms with Crippen molar-refractivity contribution in [2.45, 2.75) is 6.18 Å². The minimum Gasteiger partial charge on any atom is -0.477 e. The monoisotopic (exact) mass is 289 g/mol. The van der Waals surface area contributed by atoms with E-state index in [0.717, 1.165) is 17.8 Å². The number of pyridine rings is 1. The van der Waals surface area contributed by atoms with E-state index in [1.807, 2.05) is 0 Å². The first-order chi connectivity index (χ1) is 9.12. The molecule has 0 amide bonds. The third kappa shape index (κ3) is 2.13. The molecule has 0 atom stereocenters. The van der Waals surface area contributed by atoms with Crippen LogP contribution in [0, 0.1) is 5.82 Å². The van der Waals surface area contributed by atoms with Crippen LogP contribution in [0.5, 0.6) is 0 Å². The van der Waals surface area contributed by atoms with E-state index in [0.29, 0.717) is 6.07 Å². The number of carbonyl (C=O) groups is 1. The van der Waals surface area contributed by atoms with E-state index < -0.39 is 45.4 Å². The highest BCUT2D eigenvalue weighted by molar-refractivity contribution is 5.93. The normalized spacial score (nSPS) is 11.8. The van der Waals surface area contributed by atoms with Crippen molar-refractivity contribution in [3.8, 4) is 0 Å². The molecule has 0 fully saturated rings. The number of rotatable bonds is 1. The highest BCUT2D eigenvalue weighted by Crippen LogP contribution is 2.34. The summed E-state index contributed by atoms with van der Waals surface area (Å²) in [5.41, 5.74) is -3.77. The lowest BCUT2D eigenvalue weighted by Crippen LogP contribution is -2.20. The number of carboxylic acids is 1. The Labute approximate surface area is 108 Å². The van der Waals surface area contributed by atoms with Crippen molar-refractivity contribution in [1.29, 1.82) is 0 Å². The Hall–Kier alpha value is -2.38. The summed E-state index contributed by atoms with van der Waals surface area (Å²) < 4.78 is 52.7. The van der Waals surface area contributed by atoms with E-state index in [1.54, 1.807) is 0 Å². The highest BCUT2D eigenvalue weighted by atomic mass is 19.4. The Balaban J connectivity index is 3.05. The molecule has 2 rings (SSSR count). The Morgan fingerprint density at radius 1 is 1.30 bits per heavy atom. The van der Waals surface area contributed by atoms with Gasteiger partial charge in [0.05, 0.1) is 16.5 Å². The molecule has 1 aromatic carbocycles. The molecule has 1 heterocycles. The van der Waals surface area contributed by atoms with Crippen molar-refractivity contribution >= 4 is 16.9 Å². The lowest BCUT2D eigenvalue weighted by Gasteiger charge is -2.14. The molecular formula is C12H7F4NO3. The van der Waals surface area contributed by atoms with Crippen LogP contribution in [-0.4, -0.2) is 15.6 Å². The van der Waals surface area contributed by atoms with Gasteiger partial charge in [-0.2, -0.15) is 13.2 Å². The average molecular weight is 289 g/mol. The number of hydrogen-bond acceptors (Lipinski definition) is 2. The van der Waals surface area contributed by atoms with E-state index in [1.165, 1.54) is 0 Å². The van der Waals surface area contributed by atoms with Crippen molar-refractivity contribution in [3.05, 3.63) is 45.5 Å². The molecule has 0 unspecified atom stereocenters. The molecule has 0 radical (unpaired) electrons. The number of carboxylic acid groups (broad SMARTS) is 1. The smallest absolute Gasteiger partial charge is 0.418 e. The van der Waals surface area contributed by atoms with Crippen LogP contribution < -0.4 is 5.43 Å². The molecule has 1 aromatic heterocycles. The molecule has 20 heavy (non-hydrogen) atoms. The summed E-state index contributed by atoms with van der Waals surface area (Å²) in [7, 11) is 1.15. The molecule has 1 N–H and O–H groups in total. The van der Waals surface area contributed by atoms with Gasteiger partial charge in [-0.3, -0.25) is 4.79 Å². The van der Waals surface area contributed by atoms with E-state index in [9.17, 15) is 27.2 Å². The maximum Gasteiger partial charge on any atom is 0.418 e. The number of nitrogens with zero attached hydrogens (tertiary/aromatic N) is 1. The van der Waals surface area contributed by atoms with Gasteiger partial charge in [-0.05, 0) is 12.1 Å². The molecule has 0 saturated heterocycles. The Bertz CT molecular complexity index is 777. The molecule has 0 spiro atoms. The second-order valence-corrected chi connectivity index (χ2v) is 4.14. The first-order valence-corrected chi connectivity index (χ1v) is 5.26. The third-order valence-electron chi connectivity index (χ3n) is 2.78. The number of hydrogen-bond donors (Lipinski definition) is 1. The summed E-state index contributed by atoms with van der Waals surface area (Å²) in [6, 6.07) is 0.863. The number of aromatic nitrogens is 1. The summed E-state index contributed by atoms with van der Waals surface area (Å²) in [4.78, 5) is 22.7. The Morgan fingerprint density at radius 2 is 1.90 bits per heavy atom. The molecule has 0 aliphatic heterocycles. The van der Waals surface area contributed by atoms with Crippen molar-refractivity contribution < 1.29 is 27.5 Å². The minimum atomic E-state index is -4.87. The number of halogens is 4. The fourth-order valence-electron chi connectivity index (χ4n) is 1.98. The van der Waals surface area contributed by atoms with E-state index in [2.05, 4.69) is 0 Å². The van der Waals surface area contributed by atoms with Crippen LogP contribution in [0.1, 0.15) is 15.9 Å². The molecule has 106 valence electrons. The zero-order valence-corrected chi connectivity index (χ0v) is 9.95. The molecule has 2 aromatic rings. The standard InChI is InChI=1S/C12H7F4NO3/c1-17-4-7(11(19)20)10(18)6-2-5(13)3-8(9(6)17)12(14,15)16/h2-4H,1H3,(H,19,20). The predicted octanol–water partition coefficient (Wildman–Crippen LogP) is 2.39. The van der Waals surface area contributed by atoms with E-state index in [-0.39, 0.29) is 6.07 Å². The van der Waals surface area contributed by atoms with Gasteiger partial charge in [-0.25, -0.2) is 9.18 Å². The zero-order valence-electron chi connectivity index (χ0n) is 9.95. The van der Waals surface area contributed by atoms with Crippen LogP contribution in [0.25, 0.3) is 10.9 Å². The zero-order chi connectivity index (χ0) is 15.2. The van der Waals surface area contributed by atoms with Crippen molar-refractivity contribution in [1.82, 2.24) is 4.57 Å². The number of benzene rings is 1. The molecule has 8 heteroatoms. The lowest BCUT2D eigenvalue weighted by atomic mass is 10.1. The summed E-state index contributed by atoms with van der Waals surface area (Å²) in [6.07, 6.45) is -4.09. The van der Waals surface area contributed by atoms with Crippen molar-refractivity contribution in [3.63, 3.8) is 0 Å². The van der Waals surface area contributed by atoms with E-state index >= 15 is 0 Å². The van der Waals surface area contributed by atoms with Gasteiger partial charge in [0, 0.05) is 13.2 Å². The van der Waals surface area contributed by atoms with Crippen molar-refractivity contribution in [2.75, 3.05) is 0 Å². The molecule has 0 aliphatic rings. The van der Waals surface area contributed by atoms with Gasteiger partial charge in [0.25, 0.3) is 0 Å². The third-order valence-corrected chi connectivity index (χ3v) is 2.78. The summed E-state index contributed by atoms with van der Waals surface area (Å²) in [5, 5.41) is 8.19. The average Bonchev–Trinajstić information content (AvgIpc) is 2.31. The molecular weight excluding hydrogens is 282 g/mol. The number of alkyl halides is 3. The first-order valence-electron chi connectivity index (χ1n) is 5.26. The second kappa shape index (κ2) is 4.32. The number of fused-ring (bicyclic) bond motifs is 1. The Morgan fingerprint density at radius 3 is 2.40 bits per heavy atom. The number of aryl methyl sites for hydroxylation is 1. The first kappa shape index (κ1) is 14.0. The highest BCUT2D eigenvalue weighted by Gasteiger charge is 2.35. The quantitative estimate of drug-likeness (QED) is 0.820. The van der Waals surface area contributed by atoms with Gasteiger partial charge in [0.1, 0.15) is 11.4 Å². The molecule has 0 saturated carbocycles. The molecule has 4 nitrogen and oxygen atoms in total. The van der Waals surface area contributed by atoms with Gasteiger partial charge in [-0.1, -0.05) is 0 Å². The van der Waals surface area contributed by atoms with Gasteiger partial charge in [-0.15, -0.1) is 0 Å². The van der Waals surface area contributed by atoms with Crippen LogP contribution in [0.2, 0.25) is 0 Å². The van der Waals surface area contributed by atoms with Crippen molar-refractivity contribution in [2.24, 2.45) is 7.05 Å². The van der Waals surface area contributed by atoms with E-state index in [4.69, 9.17) is 5.11 Å². The second-order valence-electron chi connectivity index (χ2n) is 4.14. The topological polar surface area (TPSA) is 59.3 Å². The van der Waals surface area contributed by atoms with Gasteiger partial charge in [0.15, 0.2) is 0 Å². The lowest BCUT2D eigenvalue weighted by molar-refractivity contribution is -0.136. The van der Waals surface area contributed by atoms with Crippen LogP contribution in [-0.2, 0) is 13.2 Å². The molecule has 0 aliphatic carbocycles. The number of aromatic carboxylic acids is 1. The predicted molar refractivity (Wildman–Crippen MR) is 61.1 cm³/mol. The largest absolute Gasteiger partial charge is 0.477 e. The molecule has 0 bridgehead atoms. The summed E-state index contributed by atoms with van der Waals surface area (Å²) in [5.74, 6) is -2.85. The van der Waals surface area contributed by atoms with Gasteiger partial charge >= 0.3 is 12.1 Å². The maximum absolute atomic E-state index is 13.3. The van der Waals surface area contributed by atoms with Crippen LogP contribution in [0.3, 0.4) is 0 Å². The maximum atomic E-state index is 13.3. The summed E-state index contributed by atoms with van der Waals surface area (Å²) in [6.45, 7) is 0. The SMILES string of the molecule is Cn1cc(C(=O)O)c(=O)c2cc(F)cc(C(F)(F)F)c21. The minimum absolute atomic E-state index is 0.266. The van der Waals surface area contributed by atoms with Gasteiger partial charge < -0.3 is 9.67 Å². The van der Waals surface area contributed by atoms with Crippen LogP contribution in [0.15, 0.2) is 23.1 Å².